The molecule has 0 unspecified atom stereocenters. The number of imide groups is 2. The zero-order valence-electron chi connectivity index (χ0n) is 27.2. The normalized spacial score (nSPS) is 14.3. The highest BCUT2D eigenvalue weighted by atomic mass is 16.4. The lowest BCUT2D eigenvalue weighted by molar-refractivity contribution is -0.136. The van der Waals surface area contributed by atoms with Gasteiger partial charge in [0.25, 0.3) is 23.6 Å². The molecule has 2 aliphatic rings. The Hall–Kier alpha value is -6.41. The van der Waals surface area contributed by atoms with E-state index in [1.54, 1.807) is 48.5 Å². The molecule has 1 N–H and O–H groups in total. The Morgan fingerprint density at radius 1 is 0.520 bits per heavy atom. The Kier molecular flexibility index (Phi) is 6.26. The van der Waals surface area contributed by atoms with E-state index in [0.717, 1.165) is 48.3 Å². The second-order valence-electron chi connectivity index (χ2n) is 12.9. The standard InChI is InChI=1S/C42H28N2O6/c1-3-22-6-5-7-23(4-2)38(22)44-41(49)31-18-14-27-25-12-16-29-36-30(40(48)43(39(29)47)24-10-8-21(9-11-24)20-33(45)46)17-13-26(34(25)36)28-15-19-32(42(44)50)37(31)35(27)28/h5-19H,3-4,20H2,1-2H3,(H,45,46). The Labute approximate surface area is 285 Å². The second kappa shape index (κ2) is 10.5. The van der Waals surface area contributed by atoms with Gasteiger partial charge in [0.05, 0.1) is 17.8 Å². The van der Waals surface area contributed by atoms with E-state index in [2.05, 4.69) is 0 Å². The number of aliphatic carboxylic acids is 1. The van der Waals surface area contributed by atoms with E-state index < -0.39 is 17.8 Å². The number of para-hydroxylation sites is 1. The molecule has 0 aliphatic carbocycles. The van der Waals surface area contributed by atoms with Gasteiger partial charge in [-0.2, -0.15) is 0 Å². The van der Waals surface area contributed by atoms with Crippen molar-refractivity contribution in [1.29, 1.82) is 0 Å². The monoisotopic (exact) mass is 656 g/mol. The van der Waals surface area contributed by atoms with Crippen molar-refractivity contribution < 1.29 is 29.1 Å². The average molecular weight is 657 g/mol. The molecule has 0 saturated heterocycles. The zero-order chi connectivity index (χ0) is 34.6. The van der Waals surface area contributed by atoms with Crippen LogP contribution in [0, 0.1) is 0 Å². The number of carbonyl (C=O) groups is 5. The lowest BCUT2D eigenvalue weighted by Gasteiger charge is -2.31. The van der Waals surface area contributed by atoms with E-state index in [-0.39, 0.29) is 18.2 Å². The van der Waals surface area contributed by atoms with Crippen LogP contribution in [-0.2, 0) is 24.1 Å². The van der Waals surface area contributed by atoms with Gasteiger partial charge < -0.3 is 5.11 Å². The molecule has 8 nitrogen and oxygen atoms in total. The summed E-state index contributed by atoms with van der Waals surface area (Å²) in [5.41, 5.74) is 5.12. The fraction of sp³-hybridized carbons (Fsp3) is 0.119. The third-order valence-electron chi connectivity index (χ3n) is 10.4. The van der Waals surface area contributed by atoms with E-state index in [9.17, 15) is 24.0 Å². The Balaban J connectivity index is 1.24. The topological polar surface area (TPSA) is 112 Å². The number of rotatable bonds is 6. The predicted octanol–water partition coefficient (Wildman–Crippen LogP) is 8.09. The highest BCUT2D eigenvalue weighted by Crippen LogP contribution is 2.47. The maximum atomic E-state index is 14.3. The van der Waals surface area contributed by atoms with Gasteiger partial charge in [-0.05, 0) is 98.2 Å². The van der Waals surface area contributed by atoms with Crippen LogP contribution in [-0.4, -0.2) is 34.7 Å². The molecule has 2 heterocycles. The van der Waals surface area contributed by atoms with Gasteiger partial charge in [0.2, 0.25) is 0 Å². The van der Waals surface area contributed by atoms with Gasteiger partial charge in [-0.3, -0.25) is 24.0 Å². The number of fused-ring (bicyclic) bond motifs is 2. The minimum Gasteiger partial charge on any atom is -0.481 e. The number of carboxylic acids is 1. The van der Waals surface area contributed by atoms with Crippen LogP contribution in [0.2, 0.25) is 0 Å². The van der Waals surface area contributed by atoms with Gasteiger partial charge in [0.1, 0.15) is 0 Å². The summed E-state index contributed by atoms with van der Waals surface area (Å²) < 4.78 is 0. The van der Waals surface area contributed by atoms with Crippen LogP contribution in [0.25, 0.3) is 43.1 Å². The summed E-state index contributed by atoms with van der Waals surface area (Å²) in [6.45, 7) is 4.04. The van der Waals surface area contributed by atoms with E-state index in [1.807, 2.05) is 56.3 Å². The Bertz CT molecular complexity index is 2570. The molecule has 0 saturated carbocycles. The molecule has 0 bridgehead atoms. The van der Waals surface area contributed by atoms with E-state index in [4.69, 9.17) is 5.11 Å². The third-order valence-corrected chi connectivity index (χ3v) is 10.4. The summed E-state index contributed by atoms with van der Waals surface area (Å²) in [4.78, 5) is 70.4. The first-order chi connectivity index (χ1) is 24.2. The second-order valence-corrected chi connectivity index (χ2v) is 12.9. The van der Waals surface area contributed by atoms with Crippen molar-refractivity contribution >= 4 is 84.1 Å². The predicted molar refractivity (Wildman–Crippen MR) is 193 cm³/mol. The smallest absolute Gasteiger partial charge is 0.307 e. The molecule has 0 aromatic heterocycles. The van der Waals surface area contributed by atoms with E-state index in [1.165, 1.54) is 4.90 Å². The summed E-state index contributed by atoms with van der Waals surface area (Å²) in [6, 6.07) is 26.9. The first-order valence-corrected chi connectivity index (χ1v) is 16.6. The number of carboxylic acid groups (broad SMARTS) is 1. The molecule has 0 fully saturated rings. The van der Waals surface area contributed by atoms with Gasteiger partial charge in [-0.25, -0.2) is 9.80 Å². The third kappa shape index (κ3) is 3.84. The molecule has 9 rings (SSSR count). The van der Waals surface area contributed by atoms with Gasteiger partial charge in [0.15, 0.2) is 0 Å². The minimum absolute atomic E-state index is 0.166. The van der Waals surface area contributed by atoms with Crippen molar-refractivity contribution in [3.05, 3.63) is 130 Å². The molecule has 4 amide bonds. The van der Waals surface area contributed by atoms with Crippen LogP contribution in [0.15, 0.2) is 91.0 Å². The van der Waals surface area contributed by atoms with Crippen molar-refractivity contribution in [2.45, 2.75) is 33.1 Å². The number of nitrogens with zero attached hydrogens (tertiary/aromatic N) is 2. The number of amides is 4. The first-order valence-electron chi connectivity index (χ1n) is 16.6. The molecule has 0 radical (unpaired) electrons. The maximum absolute atomic E-state index is 14.3. The summed E-state index contributed by atoms with van der Waals surface area (Å²) in [5, 5.41) is 15.2. The number of benzene rings is 7. The summed E-state index contributed by atoms with van der Waals surface area (Å²) in [6.07, 6.45) is 1.18. The minimum atomic E-state index is -0.970. The fourth-order valence-corrected chi connectivity index (χ4v) is 8.15. The van der Waals surface area contributed by atoms with Crippen molar-refractivity contribution in [3.63, 3.8) is 0 Å². The highest BCUT2D eigenvalue weighted by Gasteiger charge is 2.39. The van der Waals surface area contributed by atoms with Crippen molar-refractivity contribution in [1.82, 2.24) is 0 Å². The lowest BCUT2D eigenvalue weighted by atomic mass is 9.82. The molecular formula is C42H28N2O6. The largest absolute Gasteiger partial charge is 0.481 e. The Morgan fingerprint density at radius 3 is 1.30 bits per heavy atom. The summed E-state index contributed by atoms with van der Waals surface area (Å²) >= 11 is 0. The van der Waals surface area contributed by atoms with Crippen LogP contribution >= 0.6 is 0 Å². The zero-order valence-corrected chi connectivity index (χ0v) is 27.2. The molecule has 7 aromatic carbocycles. The van der Waals surface area contributed by atoms with E-state index >= 15 is 0 Å². The molecule has 0 atom stereocenters. The Morgan fingerprint density at radius 2 is 0.920 bits per heavy atom. The summed E-state index contributed by atoms with van der Waals surface area (Å²) in [5.74, 6) is -2.62. The SMILES string of the molecule is CCc1cccc(CC)c1N1C(=O)c2ccc3c4ccc5c6c(ccc(c7ccc(c2c37)C1=O)c64)C(=O)N(c1ccc(CC(=O)O)cc1)C5=O. The van der Waals surface area contributed by atoms with Gasteiger partial charge in [-0.15, -0.1) is 0 Å². The van der Waals surface area contributed by atoms with Crippen LogP contribution in [0.3, 0.4) is 0 Å². The van der Waals surface area contributed by atoms with Crippen LogP contribution in [0.4, 0.5) is 11.4 Å². The molecule has 2 aliphatic heterocycles. The van der Waals surface area contributed by atoms with Crippen LogP contribution in [0.5, 0.6) is 0 Å². The number of hydrogen-bond donors (Lipinski definition) is 1. The molecular weight excluding hydrogens is 628 g/mol. The van der Waals surface area contributed by atoms with E-state index in [0.29, 0.717) is 62.8 Å². The van der Waals surface area contributed by atoms with Crippen molar-refractivity contribution in [2.24, 2.45) is 0 Å². The molecule has 0 spiro atoms. The molecule has 8 heteroatoms. The first kappa shape index (κ1) is 29.7. The number of anilines is 2. The molecule has 50 heavy (non-hydrogen) atoms. The molecule has 7 aromatic rings. The maximum Gasteiger partial charge on any atom is 0.307 e. The fourth-order valence-electron chi connectivity index (χ4n) is 8.15. The lowest BCUT2D eigenvalue weighted by Crippen LogP contribution is -2.41. The van der Waals surface area contributed by atoms with Gasteiger partial charge in [0, 0.05) is 33.0 Å². The number of hydrogen-bond acceptors (Lipinski definition) is 5. The molecule has 242 valence electrons. The van der Waals surface area contributed by atoms with Gasteiger partial charge in [-0.1, -0.05) is 68.4 Å². The summed E-state index contributed by atoms with van der Waals surface area (Å²) in [7, 11) is 0. The quantitative estimate of drug-likeness (QED) is 0.110. The van der Waals surface area contributed by atoms with Crippen LogP contribution < -0.4 is 9.80 Å². The van der Waals surface area contributed by atoms with Gasteiger partial charge >= 0.3 is 5.97 Å². The van der Waals surface area contributed by atoms with Crippen molar-refractivity contribution in [2.75, 3.05) is 9.80 Å². The average Bonchev–Trinajstić information content (AvgIpc) is 3.12. The highest BCUT2D eigenvalue weighted by molar-refractivity contribution is 6.45. The number of carbonyl (C=O) groups excluding carboxylic acids is 4. The van der Waals surface area contributed by atoms with Crippen LogP contribution in [0.1, 0.15) is 72.0 Å². The number of aryl methyl sites for hydroxylation is 2. The van der Waals surface area contributed by atoms with Crippen molar-refractivity contribution in [3.8, 4) is 0 Å².